The molecule has 0 radical (unpaired) electrons. The van der Waals surface area contributed by atoms with Crippen molar-refractivity contribution >= 4 is 11.6 Å². The number of anilines is 1. The normalized spacial score (nSPS) is 11.3. The Morgan fingerprint density at radius 3 is 2.58 bits per heavy atom. The lowest BCUT2D eigenvalue weighted by Gasteiger charge is -2.20. The standard InChI is InChI=1S/C15H17NO3/c1-15(2,3)11-4-5-13(17)12(8-11)16-14(18)10-6-7-19-9-10/h4-9,17H,1-3H3,(H,16,18). The van der Waals surface area contributed by atoms with Crippen molar-refractivity contribution in [2.45, 2.75) is 26.2 Å². The molecule has 0 aliphatic rings. The molecular weight excluding hydrogens is 242 g/mol. The van der Waals surface area contributed by atoms with E-state index in [9.17, 15) is 9.90 Å². The molecule has 0 unspecified atom stereocenters. The Labute approximate surface area is 112 Å². The molecule has 2 N–H and O–H groups in total. The molecule has 19 heavy (non-hydrogen) atoms. The lowest BCUT2D eigenvalue weighted by molar-refractivity contribution is 0.102. The summed E-state index contributed by atoms with van der Waals surface area (Å²) in [5.41, 5.74) is 1.80. The smallest absolute Gasteiger partial charge is 0.259 e. The maximum absolute atomic E-state index is 11.9. The maximum atomic E-state index is 11.9. The maximum Gasteiger partial charge on any atom is 0.259 e. The fourth-order valence-corrected chi connectivity index (χ4v) is 1.69. The molecule has 0 saturated heterocycles. The SMILES string of the molecule is CC(C)(C)c1ccc(O)c(NC(=O)c2ccoc2)c1. The third kappa shape index (κ3) is 2.96. The summed E-state index contributed by atoms with van der Waals surface area (Å²) >= 11 is 0. The summed E-state index contributed by atoms with van der Waals surface area (Å²) in [4.78, 5) is 11.9. The van der Waals surface area contributed by atoms with E-state index in [1.54, 1.807) is 18.2 Å². The van der Waals surface area contributed by atoms with Crippen LogP contribution in [0.5, 0.6) is 5.75 Å². The van der Waals surface area contributed by atoms with Crippen molar-refractivity contribution < 1.29 is 14.3 Å². The number of furan rings is 1. The fourth-order valence-electron chi connectivity index (χ4n) is 1.69. The molecule has 1 amide bonds. The molecule has 0 atom stereocenters. The van der Waals surface area contributed by atoms with Gasteiger partial charge in [-0.2, -0.15) is 0 Å². The molecule has 1 heterocycles. The number of carbonyl (C=O) groups excluding carboxylic acids is 1. The lowest BCUT2D eigenvalue weighted by Crippen LogP contribution is -2.14. The average molecular weight is 259 g/mol. The van der Waals surface area contributed by atoms with Gasteiger partial charge < -0.3 is 14.8 Å². The van der Waals surface area contributed by atoms with E-state index in [1.165, 1.54) is 12.5 Å². The number of benzene rings is 1. The van der Waals surface area contributed by atoms with Gasteiger partial charge in [0.05, 0.1) is 17.5 Å². The number of aromatic hydroxyl groups is 1. The minimum absolute atomic E-state index is 0.0462. The molecule has 4 heteroatoms. The Hall–Kier alpha value is -2.23. The second-order valence-electron chi connectivity index (χ2n) is 5.45. The Balaban J connectivity index is 2.27. The summed E-state index contributed by atoms with van der Waals surface area (Å²) in [6.45, 7) is 6.21. The fraction of sp³-hybridized carbons (Fsp3) is 0.267. The van der Waals surface area contributed by atoms with Crippen LogP contribution in [0.25, 0.3) is 0 Å². The summed E-state index contributed by atoms with van der Waals surface area (Å²) in [5, 5.41) is 12.5. The summed E-state index contributed by atoms with van der Waals surface area (Å²) in [6, 6.07) is 6.79. The predicted molar refractivity (Wildman–Crippen MR) is 73.5 cm³/mol. The van der Waals surface area contributed by atoms with Crippen molar-refractivity contribution in [3.63, 3.8) is 0 Å². The predicted octanol–water partition coefficient (Wildman–Crippen LogP) is 3.54. The third-order valence-corrected chi connectivity index (χ3v) is 2.89. The molecule has 0 spiro atoms. The van der Waals surface area contributed by atoms with Gasteiger partial charge in [0, 0.05) is 0 Å². The van der Waals surface area contributed by atoms with Gasteiger partial charge in [-0.15, -0.1) is 0 Å². The van der Waals surface area contributed by atoms with Gasteiger partial charge >= 0.3 is 0 Å². The van der Waals surface area contributed by atoms with Crippen LogP contribution in [0.2, 0.25) is 0 Å². The number of phenolic OH excluding ortho intramolecular Hbond substituents is 1. The molecule has 4 nitrogen and oxygen atoms in total. The van der Waals surface area contributed by atoms with Crippen LogP contribution in [0.15, 0.2) is 41.2 Å². The third-order valence-electron chi connectivity index (χ3n) is 2.89. The molecule has 2 aromatic rings. The van der Waals surface area contributed by atoms with Gasteiger partial charge in [-0.05, 0) is 29.2 Å². The summed E-state index contributed by atoms with van der Waals surface area (Å²) in [5.74, 6) is -0.264. The first kappa shape index (κ1) is 13.2. The van der Waals surface area contributed by atoms with Gasteiger partial charge in [0.15, 0.2) is 0 Å². The van der Waals surface area contributed by atoms with E-state index < -0.39 is 0 Å². The summed E-state index contributed by atoms with van der Waals surface area (Å²) in [6.07, 6.45) is 2.79. The molecule has 2 rings (SSSR count). The minimum Gasteiger partial charge on any atom is -0.506 e. The molecule has 100 valence electrons. The molecule has 0 saturated carbocycles. The van der Waals surface area contributed by atoms with Crippen molar-refractivity contribution in [2.24, 2.45) is 0 Å². The first-order chi connectivity index (χ1) is 8.88. The summed E-state index contributed by atoms with van der Waals surface area (Å²) in [7, 11) is 0. The average Bonchev–Trinajstić information content (AvgIpc) is 2.84. The molecule has 0 aliphatic heterocycles. The topological polar surface area (TPSA) is 62.5 Å². The number of nitrogens with one attached hydrogen (secondary N) is 1. The van der Waals surface area contributed by atoms with E-state index in [4.69, 9.17) is 4.42 Å². The van der Waals surface area contributed by atoms with Gasteiger partial charge in [0.1, 0.15) is 12.0 Å². The van der Waals surface area contributed by atoms with Gasteiger partial charge in [-0.25, -0.2) is 0 Å². The van der Waals surface area contributed by atoms with E-state index >= 15 is 0 Å². The van der Waals surface area contributed by atoms with Crippen LogP contribution >= 0.6 is 0 Å². The number of amides is 1. The van der Waals surface area contributed by atoms with E-state index in [0.29, 0.717) is 11.3 Å². The zero-order valence-electron chi connectivity index (χ0n) is 11.2. The second-order valence-corrected chi connectivity index (χ2v) is 5.45. The quantitative estimate of drug-likeness (QED) is 0.811. The zero-order valence-corrected chi connectivity index (χ0v) is 11.2. The van der Waals surface area contributed by atoms with Crippen molar-refractivity contribution in [1.29, 1.82) is 0 Å². The largest absolute Gasteiger partial charge is 0.506 e. The van der Waals surface area contributed by atoms with E-state index in [-0.39, 0.29) is 17.1 Å². The van der Waals surface area contributed by atoms with E-state index in [1.807, 2.05) is 6.07 Å². The lowest BCUT2D eigenvalue weighted by atomic mass is 9.87. The Morgan fingerprint density at radius 2 is 2.00 bits per heavy atom. The highest BCUT2D eigenvalue weighted by molar-refractivity contribution is 6.04. The van der Waals surface area contributed by atoms with Crippen molar-refractivity contribution in [2.75, 3.05) is 5.32 Å². The molecular formula is C15H17NO3. The Bertz CT molecular complexity index is 580. The Kier molecular flexibility index (Phi) is 3.34. The van der Waals surface area contributed by atoms with Crippen LogP contribution in [0.3, 0.4) is 0 Å². The van der Waals surface area contributed by atoms with Crippen molar-refractivity contribution in [3.05, 3.63) is 47.9 Å². The second kappa shape index (κ2) is 4.80. The first-order valence-electron chi connectivity index (χ1n) is 6.05. The number of hydrogen-bond donors (Lipinski definition) is 2. The molecule has 0 bridgehead atoms. The van der Waals surface area contributed by atoms with Gasteiger partial charge in [-0.1, -0.05) is 26.8 Å². The molecule has 0 fully saturated rings. The number of rotatable bonds is 2. The zero-order chi connectivity index (χ0) is 14.0. The highest BCUT2D eigenvalue weighted by Gasteiger charge is 2.17. The van der Waals surface area contributed by atoms with E-state index in [2.05, 4.69) is 26.1 Å². The van der Waals surface area contributed by atoms with Crippen LogP contribution in [0.4, 0.5) is 5.69 Å². The molecule has 1 aromatic carbocycles. The van der Waals surface area contributed by atoms with Crippen LogP contribution < -0.4 is 5.32 Å². The van der Waals surface area contributed by atoms with Crippen molar-refractivity contribution in [3.8, 4) is 5.75 Å². The highest BCUT2D eigenvalue weighted by atomic mass is 16.3. The minimum atomic E-state index is -0.310. The monoisotopic (exact) mass is 259 g/mol. The molecule has 0 aliphatic carbocycles. The van der Waals surface area contributed by atoms with Crippen molar-refractivity contribution in [1.82, 2.24) is 0 Å². The van der Waals surface area contributed by atoms with Crippen LogP contribution in [-0.2, 0) is 5.41 Å². The first-order valence-corrected chi connectivity index (χ1v) is 6.05. The van der Waals surface area contributed by atoms with Crippen LogP contribution in [0, 0.1) is 0 Å². The molecule has 1 aromatic heterocycles. The highest BCUT2D eigenvalue weighted by Crippen LogP contribution is 2.30. The van der Waals surface area contributed by atoms with Gasteiger partial charge in [0.2, 0.25) is 0 Å². The summed E-state index contributed by atoms with van der Waals surface area (Å²) < 4.78 is 4.86. The number of phenols is 1. The Morgan fingerprint density at radius 1 is 1.26 bits per heavy atom. The van der Waals surface area contributed by atoms with Crippen LogP contribution in [-0.4, -0.2) is 11.0 Å². The van der Waals surface area contributed by atoms with Crippen LogP contribution in [0.1, 0.15) is 36.7 Å². The number of hydrogen-bond acceptors (Lipinski definition) is 3. The van der Waals surface area contributed by atoms with Gasteiger partial charge in [0.25, 0.3) is 5.91 Å². The van der Waals surface area contributed by atoms with E-state index in [0.717, 1.165) is 5.56 Å². The number of carbonyl (C=O) groups is 1. The van der Waals surface area contributed by atoms with Gasteiger partial charge in [-0.3, -0.25) is 4.79 Å².